The highest BCUT2D eigenvalue weighted by molar-refractivity contribution is 6.16. The van der Waals surface area contributed by atoms with Crippen LogP contribution in [0.15, 0.2) is 88.1 Å². The molecule has 3 aliphatic rings. The average molecular weight is 479 g/mol. The van der Waals surface area contributed by atoms with Crippen molar-refractivity contribution >= 4 is 17.7 Å². The first-order valence-corrected chi connectivity index (χ1v) is 11.5. The Bertz CT molecular complexity index is 1430. The van der Waals surface area contributed by atoms with Crippen LogP contribution in [-0.4, -0.2) is 42.4 Å². The molecule has 36 heavy (non-hydrogen) atoms. The smallest absolute Gasteiger partial charge is 0.339 e. The third-order valence-electron chi connectivity index (χ3n) is 7.09. The third-order valence-corrected chi connectivity index (χ3v) is 7.09. The Labute approximate surface area is 208 Å². The first-order chi connectivity index (χ1) is 17.5. The number of carbonyl (C=O) groups is 2. The van der Waals surface area contributed by atoms with Crippen LogP contribution in [0.1, 0.15) is 30.4 Å². The van der Waals surface area contributed by atoms with E-state index < -0.39 is 23.0 Å². The minimum absolute atomic E-state index is 0.114. The van der Waals surface area contributed by atoms with Gasteiger partial charge in [0.1, 0.15) is 23.3 Å². The van der Waals surface area contributed by atoms with Crippen LogP contribution in [0.2, 0.25) is 0 Å². The van der Waals surface area contributed by atoms with Gasteiger partial charge in [-0.3, -0.25) is 0 Å². The Kier molecular flexibility index (Phi) is 5.45. The van der Waals surface area contributed by atoms with Gasteiger partial charge >= 0.3 is 11.9 Å². The molecule has 1 atom stereocenters. The first-order valence-electron chi connectivity index (χ1n) is 11.5. The Morgan fingerprint density at radius 3 is 2.06 bits per heavy atom. The Morgan fingerprint density at radius 2 is 1.47 bits per heavy atom. The van der Waals surface area contributed by atoms with E-state index >= 15 is 0 Å². The van der Waals surface area contributed by atoms with Crippen LogP contribution in [0.3, 0.4) is 0 Å². The molecule has 178 valence electrons. The third kappa shape index (κ3) is 2.82. The minimum atomic E-state index is -2.24. The summed E-state index contributed by atoms with van der Waals surface area (Å²) in [5.74, 6) is -1.78. The summed E-state index contributed by atoms with van der Waals surface area (Å²) >= 11 is 0. The van der Waals surface area contributed by atoms with E-state index in [1.807, 2.05) is 60.7 Å². The molecule has 5 rings (SSSR count). The average Bonchev–Trinajstić information content (AvgIpc) is 3.53. The van der Waals surface area contributed by atoms with Gasteiger partial charge in [0.15, 0.2) is 0 Å². The van der Waals surface area contributed by atoms with Gasteiger partial charge in [-0.2, -0.15) is 15.6 Å². The number of fused-ring (bicyclic) bond motifs is 2. The van der Waals surface area contributed by atoms with Gasteiger partial charge in [-0.1, -0.05) is 60.7 Å². The number of hydrazone groups is 1. The number of carbonyl (C=O) groups excluding carboxylic acids is 2. The van der Waals surface area contributed by atoms with Crippen molar-refractivity contribution in [2.45, 2.75) is 30.3 Å². The number of methoxy groups -OCH3 is 2. The topological polar surface area (TPSA) is 116 Å². The van der Waals surface area contributed by atoms with E-state index in [2.05, 4.69) is 0 Å². The minimum Gasteiger partial charge on any atom is -0.466 e. The van der Waals surface area contributed by atoms with Crippen molar-refractivity contribution in [3.05, 3.63) is 94.1 Å². The molecule has 2 aromatic rings. The summed E-state index contributed by atoms with van der Waals surface area (Å²) in [5.41, 5.74) is -0.454. The second-order valence-corrected chi connectivity index (χ2v) is 8.68. The summed E-state index contributed by atoms with van der Waals surface area (Å²) in [6.45, 7) is 0. The number of benzene rings is 2. The maximum atomic E-state index is 13.5. The van der Waals surface area contributed by atoms with E-state index in [9.17, 15) is 20.1 Å². The van der Waals surface area contributed by atoms with E-state index in [1.54, 1.807) is 12.1 Å². The maximum absolute atomic E-state index is 13.5. The van der Waals surface area contributed by atoms with Crippen molar-refractivity contribution in [2.24, 2.45) is 5.10 Å². The fourth-order valence-corrected chi connectivity index (χ4v) is 5.70. The van der Waals surface area contributed by atoms with Crippen molar-refractivity contribution in [2.75, 3.05) is 14.2 Å². The van der Waals surface area contributed by atoms with Gasteiger partial charge in [-0.05, 0) is 36.0 Å². The molecular weight excluding hydrogens is 456 g/mol. The van der Waals surface area contributed by atoms with Crippen LogP contribution in [0.5, 0.6) is 0 Å². The molecule has 0 fully saturated rings. The van der Waals surface area contributed by atoms with E-state index in [0.29, 0.717) is 24.1 Å². The molecule has 1 unspecified atom stereocenters. The standard InChI is InChI=1S/C28H22N4O4/c1-35-25(33)22-23(26(34)36-2)28(19-12-7-4-8-13-19)21-15-9-14-20(21)24(18-10-5-3-6-11-18)31-32(28)27(22,16-29)17-30/h3-8,10-13H,9,14-15H2,1-2H3. The number of nitriles is 2. The van der Waals surface area contributed by atoms with Gasteiger partial charge in [-0.25, -0.2) is 14.6 Å². The molecule has 1 aliphatic carbocycles. The van der Waals surface area contributed by atoms with Crippen molar-refractivity contribution in [3.8, 4) is 12.1 Å². The molecule has 0 aromatic heterocycles. The van der Waals surface area contributed by atoms with Gasteiger partial charge in [0.2, 0.25) is 0 Å². The van der Waals surface area contributed by atoms with E-state index in [-0.39, 0.29) is 11.1 Å². The predicted molar refractivity (Wildman–Crippen MR) is 129 cm³/mol. The van der Waals surface area contributed by atoms with Gasteiger partial charge in [-0.15, -0.1) is 0 Å². The first kappa shape index (κ1) is 23.1. The fourth-order valence-electron chi connectivity index (χ4n) is 5.70. The highest BCUT2D eigenvalue weighted by Gasteiger charge is 2.69. The predicted octanol–water partition coefficient (Wildman–Crippen LogP) is 3.52. The van der Waals surface area contributed by atoms with Crippen LogP contribution >= 0.6 is 0 Å². The number of nitrogens with zero attached hydrogens (tertiary/aromatic N) is 4. The van der Waals surface area contributed by atoms with E-state index in [4.69, 9.17) is 14.6 Å². The lowest BCUT2D eigenvalue weighted by molar-refractivity contribution is -0.139. The molecule has 0 saturated carbocycles. The molecule has 0 saturated heterocycles. The van der Waals surface area contributed by atoms with Gasteiger partial charge in [0.25, 0.3) is 5.54 Å². The molecule has 0 bridgehead atoms. The highest BCUT2D eigenvalue weighted by Crippen LogP contribution is 2.60. The summed E-state index contributed by atoms with van der Waals surface area (Å²) in [7, 11) is 2.35. The largest absolute Gasteiger partial charge is 0.466 e. The molecule has 0 radical (unpaired) electrons. The number of hydrogen-bond acceptors (Lipinski definition) is 8. The zero-order valence-electron chi connectivity index (χ0n) is 19.8. The van der Waals surface area contributed by atoms with Crippen LogP contribution < -0.4 is 0 Å². The molecule has 2 aliphatic heterocycles. The second kappa shape index (κ2) is 8.51. The molecule has 0 N–H and O–H groups in total. The number of allylic oxidation sites excluding steroid dienone is 1. The van der Waals surface area contributed by atoms with Gasteiger partial charge in [0, 0.05) is 5.56 Å². The van der Waals surface area contributed by atoms with Crippen molar-refractivity contribution < 1.29 is 19.1 Å². The SMILES string of the molecule is COC(=O)C1=C(C(=O)OC)C2(c3ccccc3)C3=C(CCC3)C(c3ccccc3)=NN2C1(C#N)C#N. The monoisotopic (exact) mass is 478 g/mol. The molecular formula is C28H22N4O4. The lowest BCUT2D eigenvalue weighted by Gasteiger charge is -2.46. The summed E-state index contributed by atoms with van der Waals surface area (Å²) in [6, 6.07) is 22.6. The quantitative estimate of drug-likeness (QED) is 0.617. The molecule has 0 spiro atoms. The van der Waals surface area contributed by atoms with E-state index in [0.717, 1.165) is 30.2 Å². The van der Waals surface area contributed by atoms with E-state index in [1.165, 1.54) is 12.1 Å². The molecule has 0 amide bonds. The van der Waals surface area contributed by atoms with Crippen molar-refractivity contribution in [3.63, 3.8) is 0 Å². The molecule has 8 nitrogen and oxygen atoms in total. The summed E-state index contributed by atoms with van der Waals surface area (Å²) in [5, 5.41) is 27.3. The Hall–Kier alpha value is -4.69. The maximum Gasteiger partial charge on any atom is 0.339 e. The van der Waals surface area contributed by atoms with Gasteiger partial charge < -0.3 is 9.47 Å². The lowest BCUT2D eigenvalue weighted by Crippen LogP contribution is -2.55. The van der Waals surface area contributed by atoms with Gasteiger partial charge in [0.05, 0.1) is 25.5 Å². The molecule has 2 heterocycles. The number of hydrogen-bond donors (Lipinski definition) is 0. The lowest BCUT2D eigenvalue weighted by atomic mass is 9.73. The zero-order chi connectivity index (χ0) is 25.5. The summed E-state index contributed by atoms with van der Waals surface area (Å²) in [6.07, 6.45) is 2.06. The Morgan fingerprint density at radius 1 is 0.889 bits per heavy atom. The zero-order valence-corrected chi connectivity index (χ0v) is 19.8. The number of esters is 2. The summed E-state index contributed by atoms with van der Waals surface area (Å²) in [4.78, 5) is 26.8. The number of ether oxygens (including phenoxy) is 2. The van der Waals surface area contributed by atoms with Crippen molar-refractivity contribution in [1.82, 2.24) is 5.01 Å². The molecule has 2 aromatic carbocycles. The van der Waals surface area contributed by atoms with Crippen LogP contribution in [-0.2, 0) is 24.6 Å². The van der Waals surface area contributed by atoms with Crippen molar-refractivity contribution in [1.29, 1.82) is 10.5 Å². The molecule has 8 heteroatoms. The van der Waals surface area contributed by atoms with Crippen LogP contribution in [0.25, 0.3) is 0 Å². The highest BCUT2D eigenvalue weighted by atomic mass is 16.5. The number of rotatable bonds is 4. The Balaban J connectivity index is 1.99. The summed E-state index contributed by atoms with van der Waals surface area (Å²) < 4.78 is 10.2. The fraction of sp³-hybridized carbons (Fsp3) is 0.250. The second-order valence-electron chi connectivity index (χ2n) is 8.68. The van der Waals surface area contributed by atoms with Crippen LogP contribution in [0, 0.1) is 22.7 Å². The normalized spacial score (nSPS) is 21.7. The van der Waals surface area contributed by atoms with Crippen LogP contribution in [0.4, 0.5) is 0 Å².